The number of hydrogen-bond donors (Lipinski definition) is 2. The number of carbonyl (C=O) groups excluding carboxylic acids is 2. The van der Waals surface area contributed by atoms with Gasteiger partial charge in [0.1, 0.15) is 0 Å². The van der Waals surface area contributed by atoms with Crippen molar-refractivity contribution < 1.29 is 18.5 Å². The van der Waals surface area contributed by atoms with E-state index < -0.39 is 0 Å². The molecule has 9 heteroatoms. The van der Waals surface area contributed by atoms with Crippen LogP contribution in [0.4, 0.5) is 0 Å². The quantitative estimate of drug-likeness (QED) is 0.514. The summed E-state index contributed by atoms with van der Waals surface area (Å²) in [4.78, 5) is 28.6. The number of rotatable bonds is 5. The molecule has 0 saturated carbocycles. The largest absolute Gasteiger partial charge is 0.461 e. The highest BCUT2D eigenvalue weighted by Crippen LogP contribution is 2.20. The number of hydrogen-bond acceptors (Lipinski definition) is 6. The molecule has 0 spiro atoms. The number of amides is 2. The standard InChI is InChI=1S/C19H17N5O4/c1-24-11-13(12-5-2-3-6-14(12)24)19(26)22-21-16(25)8-9-17-20-18(23-28-17)15-7-4-10-27-15/h2-7,10-11H,8-9H2,1H3,(H,21,25)(H,22,26). The zero-order chi connectivity index (χ0) is 19.5. The van der Waals surface area contributed by atoms with E-state index in [-0.39, 0.29) is 24.7 Å². The third-order valence-electron chi connectivity index (χ3n) is 4.23. The monoisotopic (exact) mass is 379 g/mol. The first-order valence-electron chi connectivity index (χ1n) is 8.61. The van der Waals surface area contributed by atoms with Crippen LogP contribution >= 0.6 is 0 Å². The molecule has 0 aliphatic rings. The van der Waals surface area contributed by atoms with E-state index in [0.717, 1.165) is 10.9 Å². The third kappa shape index (κ3) is 3.50. The fourth-order valence-electron chi connectivity index (χ4n) is 2.86. The van der Waals surface area contributed by atoms with Crippen molar-refractivity contribution in [1.82, 2.24) is 25.6 Å². The van der Waals surface area contributed by atoms with E-state index in [0.29, 0.717) is 23.0 Å². The van der Waals surface area contributed by atoms with Gasteiger partial charge in [-0.05, 0) is 18.2 Å². The molecular formula is C19H17N5O4. The van der Waals surface area contributed by atoms with E-state index in [9.17, 15) is 9.59 Å². The number of fused-ring (bicyclic) bond motifs is 1. The van der Waals surface area contributed by atoms with Gasteiger partial charge < -0.3 is 13.5 Å². The summed E-state index contributed by atoms with van der Waals surface area (Å²) < 4.78 is 12.1. The van der Waals surface area contributed by atoms with Crippen LogP contribution in [0, 0.1) is 0 Å². The molecule has 0 radical (unpaired) electrons. The fourth-order valence-corrected chi connectivity index (χ4v) is 2.86. The highest BCUT2D eigenvalue weighted by atomic mass is 16.5. The molecule has 0 saturated heterocycles. The Morgan fingerprint density at radius 3 is 2.82 bits per heavy atom. The van der Waals surface area contributed by atoms with E-state index in [4.69, 9.17) is 8.94 Å². The summed E-state index contributed by atoms with van der Waals surface area (Å²) >= 11 is 0. The Balaban J connectivity index is 1.31. The van der Waals surface area contributed by atoms with Crippen LogP contribution in [0.2, 0.25) is 0 Å². The van der Waals surface area contributed by atoms with E-state index in [1.54, 1.807) is 18.3 Å². The Morgan fingerprint density at radius 2 is 2.00 bits per heavy atom. The van der Waals surface area contributed by atoms with Gasteiger partial charge in [0, 0.05) is 37.0 Å². The minimum atomic E-state index is -0.386. The Labute approximate surface area is 159 Å². The van der Waals surface area contributed by atoms with E-state index >= 15 is 0 Å². The SMILES string of the molecule is Cn1cc(C(=O)NNC(=O)CCc2nc(-c3ccco3)no2)c2ccccc21. The fraction of sp³-hybridized carbons (Fsp3) is 0.158. The van der Waals surface area contributed by atoms with Gasteiger partial charge in [-0.1, -0.05) is 23.4 Å². The first kappa shape index (κ1) is 17.5. The van der Waals surface area contributed by atoms with Crippen LogP contribution in [0.15, 0.2) is 57.8 Å². The molecule has 142 valence electrons. The Morgan fingerprint density at radius 1 is 1.14 bits per heavy atom. The predicted octanol–water partition coefficient (Wildman–Crippen LogP) is 2.22. The molecule has 4 rings (SSSR count). The molecule has 2 N–H and O–H groups in total. The maximum atomic E-state index is 12.4. The number of hydrazine groups is 1. The van der Waals surface area contributed by atoms with Gasteiger partial charge in [-0.3, -0.25) is 20.4 Å². The molecule has 4 aromatic rings. The van der Waals surface area contributed by atoms with Gasteiger partial charge in [-0.25, -0.2) is 0 Å². The molecule has 0 unspecified atom stereocenters. The van der Waals surface area contributed by atoms with Gasteiger partial charge in [-0.2, -0.15) is 4.98 Å². The molecule has 3 heterocycles. The summed E-state index contributed by atoms with van der Waals surface area (Å²) in [5.41, 5.74) is 6.26. The lowest BCUT2D eigenvalue weighted by Gasteiger charge is -2.06. The highest BCUT2D eigenvalue weighted by molar-refractivity contribution is 6.07. The van der Waals surface area contributed by atoms with Crippen LogP contribution in [-0.2, 0) is 18.3 Å². The maximum Gasteiger partial charge on any atom is 0.271 e. The summed E-state index contributed by atoms with van der Waals surface area (Å²) in [6, 6.07) is 11.0. The second kappa shape index (κ2) is 7.39. The number of nitrogens with one attached hydrogen (secondary N) is 2. The zero-order valence-electron chi connectivity index (χ0n) is 15.0. The van der Waals surface area contributed by atoms with E-state index in [2.05, 4.69) is 21.0 Å². The number of aryl methyl sites for hydroxylation is 2. The Hall–Kier alpha value is -3.88. The van der Waals surface area contributed by atoms with Crippen LogP contribution in [0.5, 0.6) is 0 Å². The summed E-state index contributed by atoms with van der Waals surface area (Å²) in [5.74, 6) is 0.364. The molecule has 0 atom stereocenters. The number of para-hydroxylation sites is 1. The molecule has 0 bridgehead atoms. The number of carbonyl (C=O) groups is 2. The second-order valence-corrected chi connectivity index (χ2v) is 6.16. The summed E-state index contributed by atoms with van der Waals surface area (Å²) in [7, 11) is 1.86. The first-order chi connectivity index (χ1) is 13.6. The van der Waals surface area contributed by atoms with Crippen molar-refractivity contribution in [2.45, 2.75) is 12.8 Å². The van der Waals surface area contributed by atoms with Crippen LogP contribution in [0.1, 0.15) is 22.7 Å². The smallest absolute Gasteiger partial charge is 0.271 e. The molecule has 3 aromatic heterocycles. The van der Waals surface area contributed by atoms with E-state index in [1.165, 1.54) is 6.26 Å². The van der Waals surface area contributed by atoms with Crippen molar-refractivity contribution in [1.29, 1.82) is 0 Å². The third-order valence-corrected chi connectivity index (χ3v) is 4.23. The lowest BCUT2D eigenvalue weighted by molar-refractivity contribution is -0.121. The number of nitrogens with zero attached hydrogens (tertiary/aromatic N) is 3. The average Bonchev–Trinajstić information content (AvgIpc) is 3.45. The number of furan rings is 1. The molecule has 0 aliphatic carbocycles. The maximum absolute atomic E-state index is 12.4. The number of benzene rings is 1. The van der Waals surface area contributed by atoms with Crippen molar-refractivity contribution in [2.75, 3.05) is 0 Å². The van der Waals surface area contributed by atoms with Crippen LogP contribution in [0.25, 0.3) is 22.5 Å². The molecule has 0 fully saturated rings. The minimum absolute atomic E-state index is 0.0790. The molecule has 2 amide bonds. The average molecular weight is 379 g/mol. The molecule has 0 aliphatic heterocycles. The molecule has 28 heavy (non-hydrogen) atoms. The summed E-state index contributed by atoms with van der Waals surface area (Å²) in [6.45, 7) is 0. The summed E-state index contributed by atoms with van der Waals surface area (Å²) in [5, 5.41) is 4.61. The summed E-state index contributed by atoms with van der Waals surface area (Å²) in [6.07, 6.45) is 3.55. The molecule has 9 nitrogen and oxygen atoms in total. The van der Waals surface area contributed by atoms with Crippen LogP contribution in [0.3, 0.4) is 0 Å². The van der Waals surface area contributed by atoms with E-state index in [1.807, 2.05) is 35.9 Å². The van der Waals surface area contributed by atoms with Gasteiger partial charge in [-0.15, -0.1) is 0 Å². The highest BCUT2D eigenvalue weighted by Gasteiger charge is 2.15. The van der Waals surface area contributed by atoms with Gasteiger partial charge in [0.15, 0.2) is 5.76 Å². The number of aromatic nitrogens is 3. The zero-order valence-corrected chi connectivity index (χ0v) is 15.0. The van der Waals surface area contributed by atoms with Gasteiger partial charge in [0.2, 0.25) is 17.6 Å². The Kier molecular flexibility index (Phi) is 4.63. The first-order valence-corrected chi connectivity index (χ1v) is 8.61. The van der Waals surface area contributed by atoms with Crippen molar-refractivity contribution in [3.63, 3.8) is 0 Å². The Bertz CT molecular complexity index is 1130. The van der Waals surface area contributed by atoms with Crippen molar-refractivity contribution >= 4 is 22.7 Å². The van der Waals surface area contributed by atoms with Crippen molar-refractivity contribution in [3.8, 4) is 11.6 Å². The van der Waals surface area contributed by atoms with Gasteiger partial charge >= 0.3 is 0 Å². The normalized spacial score (nSPS) is 10.9. The lowest BCUT2D eigenvalue weighted by Crippen LogP contribution is -2.41. The van der Waals surface area contributed by atoms with Crippen LogP contribution in [-0.4, -0.2) is 26.5 Å². The topological polar surface area (TPSA) is 115 Å². The van der Waals surface area contributed by atoms with Crippen molar-refractivity contribution in [3.05, 3.63) is 60.3 Å². The molecular weight excluding hydrogens is 362 g/mol. The second-order valence-electron chi connectivity index (χ2n) is 6.16. The lowest BCUT2D eigenvalue weighted by atomic mass is 10.2. The van der Waals surface area contributed by atoms with Crippen LogP contribution < -0.4 is 10.9 Å². The minimum Gasteiger partial charge on any atom is -0.461 e. The van der Waals surface area contributed by atoms with Gasteiger partial charge in [0.25, 0.3) is 5.91 Å². The van der Waals surface area contributed by atoms with Crippen molar-refractivity contribution in [2.24, 2.45) is 7.05 Å². The predicted molar refractivity (Wildman–Crippen MR) is 98.8 cm³/mol. The molecule has 1 aromatic carbocycles. The van der Waals surface area contributed by atoms with Gasteiger partial charge in [0.05, 0.1) is 11.8 Å².